The Hall–Kier alpha value is -2.44. The van der Waals surface area contributed by atoms with Crippen molar-refractivity contribution in [1.82, 2.24) is 9.80 Å². The van der Waals surface area contributed by atoms with Crippen molar-refractivity contribution in [3.05, 3.63) is 64.9 Å². The Morgan fingerprint density at radius 2 is 1.68 bits per heavy atom. The summed E-state index contributed by atoms with van der Waals surface area (Å²) < 4.78 is 12.9. The maximum atomic E-state index is 12.9. The van der Waals surface area contributed by atoms with Crippen molar-refractivity contribution in [2.24, 2.45) is 0 Å². The van der Waals surface area contributed by atoms with Gasteiger partial charge in [0.05, 0.1) is 17.3 Å². The third-order valence-corrected chi connectivity index (χ3v) is 5.11. The smallest absolute Gasteiger partial charge is 0.238 e. The van der Waals surface area contributed by atoms with Gasteiger partial charge in [-0.2, -0.15) is 0 Å². The summed E-state index contributed by atoms with van der Waals surface area (Å²) in [5, 5.41) is 3.32. The topological polar surface area (TPSA) is 52.7 Å². The van der Waals surface area contributed by atoms with E-state index in [2.05, 4.69) is 5.32 Å². The predicted octanol–water partition coefficient (Wildman–Crippen LogP) is 3.19. The average molecular weight is 404 g/mol. The van der Waals surface area contributed by atoms with Crippen LogP contribution in [-0.4, -0.2) is 54.3 Å². The van der Waals surface area contributed by atoms with Crippen molar-refractivity contribution in [1.29, 1.82) is 0 Å². The molecule has 2 aromatic carbocycles. The van der Waals surface area contributed by atoms with Gasteiger partial charge < -0.3 is 10.2 Å². The van der Waals surface area contributed by atoms with Gasteiger partial charge in [0, 0.05) is 32.6 Å². The number of nitrogens with one attached hydrogen (secondary N) is 1. The number of nitrogens with zero attached hydrogens (tertiary/aromatic N) is 2. The second-order valence-electron chi connectivity index (χ2n) is 6.81. The number of amides is 2. The molecule has 0 radical (unpaired) electrons. The zero-order valence-corrected chi connectivity index (χ0v) is 16.3. The Balaban J connectivity index is 1.40. The molecule has 1 aliphatic heterocycles. The Labute approximate surface area is 169 Å². The number of hydrogen-bond donors (Lipinski definition) is 1. The van der Waals surface area contributed by atoms with E-state index in [9.17, 15) is 14.0 Å². The lowest BCUT2D eigenvalue weighted by Gasteiger charge is -2.34. The minimum Gasteiger partial charge on any atom is -0.340 e. The van der Waals surface area contributed by atoms with E-state index in [4.69, 9.17) is 11.6 Å². The average Bonchev–Trinajstić information content (AvgIpc) is 2.69. The second kappa shape index (κ2) is 9.66. The van der Waals surface area contributed by atoms with E-state index in [1.54, 1.807) is 24.3 Å². The van der Waals surface area contributed by atoms with Crippen molar-refractivity contribution in [2.45, 2.75) is 12.8 Å². The van der Waals surface area contributed by atoms with Crippen LogP contribution in [0.1, 0.15) is 12.0 Å². The quantitative estimate of drug-likeness (QED) is 0.805. The molecule has 5 nitrogen and oxygen atoms in total. The van der Waals surface area contributed by atoms with Crippen LogP contribution in [0, 0.1) is 5.82 Å². The zero-order valence-electron chi connectivity index (χ0n) is 15.5. The third-order valence-electron chi connectivity index (χ3n) is 4.78. The second-order valence-corrected chi connectivity index (χ2v) is 7.22. The molecule has 0 atom stereocenters. The first-order valence-electron chi connectivity index (χ1n) is 9.30. The van der Waals surface area contributed by atoms with Gasteiger partial charge in [-0.15, -0.1) is 0 Å². The van der Waals surface area contributed by atoms with E-state index in [1.807, 2.05) is 21.9 Å². The Morgan fingerprint density at radius 3 is 2.36 bits per heavy atom. The highest BCUT2D eigenvalue weighted by Crippen LogP contribution is 2.20. The lowest BCUT2D eigenvalue weighted by atomic mass is 10.1. The Morgan fingerprint density at radius 1 is 1.00 bits per heavy atom. The maximum Gasteiger partial charge on any atom is 0.238 e. The third kappa shape index (κ3) is 5.78. The van der Waals surface area contributed by atoms with Crippen molar-refractivity contribution in [3.8, 4) is 0 Å². The number of carbonyl (C=O) groups excluding carboxylic acids is 2. The molecule has 0 aliphatic carbocycles. The molecule has 28 heavy (non-hydrogen) atoms. The van der Waals surface area contributed by atoms with Crippen LogP contribution in [0.5, 0.6) is 0 Å². The van der Waals surface area contributed by atoms with Gasteiger partial charge in [0.25, 0.3) is 0 Å². The number of hydrogen-bond acceptors (Lipinski definition) is 3. The van der Waals surface area contributed by atoms with E-state index in [-0.39, 0.29) is 24.2 Å². The van der Waals surface area contributed by atoms with Crippen LogP contribution in [0.15, 0.2) is 48.5 Å². The van der Waals surface area contributed by atoms with Gasteiger partial charge in [-0.1, -0.05) is 35.9 Å². The molecule has 2 aromatic rings. The fourth-order valence-corrected chi connectivity index (χ4v) is 3.35. The fourth-order valence-electron chi connectivity index (χ4n) is 3.17. The zero-order chi connectivity index (χ0) is 19.9. The molecule has 1 heterocycles. The first kappa shape index (κ1) is 20.3. The summed E-state index contributed by atoms with van der Waals surface area (Å²) >= 11 is 6.06. The van der Waals surface area contributed by atoms with Gasteiger partial charge in [0.2, 0.25) is 11.8 Å². The summed E-state index contributed by atoms with van der Waals surface area (Å²) in [7, 11) is 0. The monoisotopic (exact) mass is 403 g/mol. The molecule has 0 aromatic heterocycles. The number of piperazine rings is 1. The number of aryl methyl sites for hydroxylation is 1. The normalized spacial score (nSPS) is 14.7. The summed E-state index contributed by atoms with van der Waals surface area (Å²) in [5.41, 5.74) is 1.55. The number of para-hydroxylation sites is 1. The van der Waals surface area contributed by atoms with Gasteiger partial charge in [-0.25, -0.2) is 4.39 Å². The summed E-state index contributed by atoms with van der Waals surface area (Å²) in [5.74, 6) is -0.307. The van der Waals surface area contributed by atoms with Crippen LogP contribution in [0.4, 0.5) is 10.1 Å². The molecule has 7 heteroatoms. The van der Waals surface area contributed by atoms with Crippen molar-refractivity contribution in [3.63, 3.8) is 0 Å². The van der Waals surface area contributed by atoms with Crippen molar-refractivity contribution in [2.75, 3.05) is 38.0 Å². The van der Waals surface area contributed by atoms with Crippen LogP contribution in [0.2, 0.25) is 5.02 Å². The molecule has 3 rings (SSSR count). The molecule has 2 amide bonds. The minimum atomic E-state index is -0.273. The molecule has 0 spiro atoms. The van der Waals surface area contributed by atoms with Gasteiger partial charge in [-0.05, 0) is 36.2 Å². The molecule has 1 aliphatic rings. The van der Waals surface area contributed by atoms with E-state index < -0.39 is 0 Å². The van der Waals surface area contributed by atoms with Crippen molar-refractivity contribution >= 4 is 29.1 Å². The Bertz CT molecular complexity index is 821. The van der Waals surface area contributed by atoms with Crippen LogP contribution in [-0.2, 0) is 16.0 Å². The highest BCUT2D eigenvalue weighted by atomic mass is 35.5. The van der Waals surface area contributed by atoms with Crippen molar-refractivity contribution < 1.29 is 14.0 Å². The van der Waals surface area contributed by atoms with Crippen LogP contribution in [0.25, 0.3) is 0 Å². The van der Waals surface area contributed by atoms with E-state index in [0.717, 1.165) is 5.56 Å². The molecular formula is C21H23ClFN3O2. The lowest BCUT2D eigenvalue weighted by molar-refractivity contribution is -0.133. The van der Waals surface area contributed by atoms with Gasteiger partial charge in [-0.3, -0.25) is 14.5 Å². The maximum absolute atomic E-state index is 12.9. The first-order valence-corrected chi connectivity index (χ1v) is 9.68. The summed E-state index contributed by atoms with van der Waals surface area (Å²) in [6.07, 6.45) is 0.998. The number of carbonyl (C=O) groups is 2. The molecule has 1 saturated heterocycles. The number of anilines is 1. The van der Waals surface area contributed by atoms with Crippen LogP contribution in [0.3, 0.4) is 0 Å². The summed E-state index contributed by atoms with van der Waals surface area (Å²) in [4.78, 5) is 28.4. The van der Waals surface area contributed by atoms with Gasteiger partial charge >= 0.3 is 0 Å². The largest absolute Gasteiger partial charge is 0.340 e. The summed E-state index contributed by atoms with van der Waals surface area (Å²) in [6.45, 7) is 2.77. The predicted molar refractivity (Wildman–Crippen MR) is 108 cm³/mol. The van der Waals surface area contributed by atoms with Crippen LogP contribution >= 0.6 is 11.6 Å². The number of halogens is 2. The Kier molecular flexibility index (Phi) is 7.01. The molecule has 1 N–H and O–H groups in total. The van der Waals surface area contributed by atoms with E-state index in [0.29, 0.717) is 49.7 Å². The van der Waals surface area contributed by atoms with Gasteiger partial charge in [0.15, 0.2) is 0 Å². The molecule has 0 saturated carbocycles. The number of benzene rings is 2. The lowest BCUT2D eigenvalue weighted by Crippen LogP contribution is -2.50. The van der Waals surface area contributed by atoms with E-state index in [1.165, 1.54) is 12.1 Å². The molecule has 148 valence electrons. The molecule has 0 unspecified atom stereocenters. The van der Waals surface area contributed by atoms with Gasteiger partial charge in [0.1, 0.15) is 5.82 Å². The standard InChI is InChI=1S/C21H23ClFN3O2/c22-18-3-1-2-4-19(18)24-20(27)15-25-11-13-26(14-12-25)21(28)10-7-16-5-8-17(23)9-6-16/h1-6,8-9H,7,10-15H2,(H,24,27). The molecular weight excluding hydrogens is 381 g/mol. The highest BCUT2D eigenvalue weighted by molar-refractivity contribution is 6.33. The molecule has 0 bridgehead atoms. The summed E-state index contributed by atoms with van der Waals surface area (Å²) in [6, 6.07) is 13.3. The SMILES string of the molecule is O=C(CN1CCN(C(=O)CCc2ccc(F)cc2)CC1)Nc1ccccc1Cl. The van der Waals surface area contributed by atoms with Crippen LogP contribution < -0.4 is 5.32 Å². The van der Waals surface area contributed by atoms with E-state index >= 15 is 0 Å². The molecule has 1 fully saturated rings. The highest BCUT2D eigenvalue weighted by Gasteiger charge is 2.22. The fraction of sp³-hybridized carbons (Fsp3) is 0.333. The minimum absolute atomic E-state index is 0.0875. The first-order chi connectivity index (χ1) is 13.5. The number of rotatable bonds is 6.